The van der Waals surface area contributed by atoms with Crippen molar-refractivity contribution in [2.75, 3.05) is 29.6 Å². The van der Waals surface area contributed by atoms with E-state index in [0.29, 0.717) is 17.9 Å². The number of hydrogen-bond acceptors (Lipinski definition) is 3. The van der Waals surface area contributed by atoms with Gasteiger partial charge in [0.05, 0.1) is 6.04 Å². The first kappa shape index (κ1) is 17.5. The Hall–Kier alpha value is -1.87. The van der Waals surface area contributed by atoms with E-state index in [0.717, 1.165) is 19.5 Å². The monoisotopic (exact) mass is 364 g/mol. The number of fused-ring (bicyclic) bond motifs is 3. The predicted molar refractivity (Wildman–Crippen MR) is 115 cm³/mol. The Morgan fingerprint density at radius 2 is 1.85 bits per heavy atom. The van der Waals surface area contributed by atoms with Crippen LogP contribution in [0.25, 0.3) is 0 Å². The van der Waals surface area contributed by atoms with E-state index < -0.39 is 0 Å². The van der Waals surface area contributed by atoms with Gasteiger partial charge in [0.25, 0.3) is 0 Å². The second-order valence-corrected chi connectivity index (χ2v) is 8.07. The fourth-order valence-corrected chi connectivity index (χ4v) is 4.92. The van der Waals surface area contributed by atoms with Crippen LogP contribution in [0.4, 0.5) is 11.4 Å². The number of rotatable bonds is 5. The van der Waals surface area contributed by atoms with Gasteiger partial charge in [-0.05, 0) is 73.9 Å². The van der Waals surface area contributed by atoms with Gasteiger partial charge in [-0.1, -0.05) is 24.3 Å². The summed E-state index contributed by atoms with van der Waals surface area (Å²) in [4.78, 5) is 3.76. The third-order valence-corrected chi connectivity index (χ3v) is 6.69. The van der Waals surface area contributed by atoms with E-state index in [2.05, 4.69) is 84.9 Å². The van der Waals surface area contributed by atoms with Gasteiger partial charge in [-0.15, -0.1) is 11.8 Å². The SMILES string of the molecule is CCN(CC)c1ccc2c(c1)C1C=CCC1C(c1ccc(SC)cc1)N2. The summed E-state index contributed by atoms with van der Waals surface area (Å²) in [7, 11) is 0. The molecule has 3 heteroatoms. The molecule has 0 amide bonds. The highest BCUT2D eigenvalue weighted by Gasteiger charge is 2.38. The van der Waals surface area contributed by atoms with Crippen molar-refractivity contribution < 1.29 is 0 Å². The van der Waals surface area contributed by atoms with Gasteiger partial charge < -0.3 is 10.2 Å². The molecule has 1 heterocycles. The van der Waals surface area contributed by atoms with Crippen LogP contribution in [0, 0.1) is 5.92 Å². The first-order valence-electron chi connectivity index (χ1n) is 9.71. The normalized spacial score (nSPS) is 23.3. The lowest BCUT2D eigenvalue weighted by Gasteiger charge is -2.38. The predicted octanol–water partition coefficient (Wildman–Crippen LogP) is 6.08. The number of anilines is 2. The molecule has 2 nitrogen and oxygen atoms in total. The van der Waals surface area contributed by atoms with Gasteiger partial charge in [-0.2, -0.15) is 0 Å². The van der Waals surface area contributed by atoms with Gasteiger partial charge in [0.1, 0.15) is 0 Å². The van der Waals surface area contributed by atoms with Crippen LogP contribution in [0.5, 0.6) is 0 Å². The Labute approximate surface area is 161 Å². The second kappa shape index (κ2) is 7.40. The van der Waals surface area contributed by atoms with E-state index >= 15 is 0 Å². The van der Waals surface area contributed by atoms with E-state index in [9.17, 15) is 0 Å². The van der Waals surface area contributed by atoms with Crippen molar-refractivity contribution in [2.24, 2.45) is 5.92 Å². The lowest BCUT2D eigenvalue weighted by atomic mass is 9.77. The maximum Gasteiger partial charge on any atom is 0.0553 e. The number of hydrogen-bond donors (Lipinski definition) is 1. The van der Waals surface area contributed by atoms with E-state index in [4.69, 9.17) is 0 Å². The molecule has 1 aliphatic heterocycles. The van der Waals surface area contributed by atoms with Crippen molar-refractivity contribution >= 4 is 23.1 Å². The standard InChI is InChI=1S/C23H28N2S/c1-4-25(5-2)17-11-14-22-21(15-17)19-7-6-8-20(19)23(24-22)16-9-12-18(26-3)13-10-16/h6-7,9-15,19-20,23-24H,4-5,8H2,1-3H3. The van der Waals surface area contributed by atoms with Crippen molar-refractivity contribution in [3.63, 3.8) is 0 Å². The van der Waals surface area contributed by atoms with E-state index in [1.165, 1.54) is 27.4 Å². The molecule has 1 N–H and O–H groups in total. The summed E-state index contributed by atoms with van der Waals surface area (Å²) in [5, 5.41) is 3.86. The van der Waals surface area contributed by atoms with E-state index in [1.54, 1.807) is 11.8 Å². The summed E-state index contributed by atoms with van der Waals surface area (Å²) in [5.74, 6) is 1.13. The molecule has 0 radical (unpaired) electrons. The topological polar surface area (TPSA) is 15.3 Å². The van der Waals surface area contributed by atoms with Gasteiger partial charge >= 0.3 is 0 Å². The number of benzene rings is 2. The quantitative estimate of drug-likeness (QED) is 0.511. The molecule has 0 saturated heterocycles. The van der Waals surface area contributed by atoms with Gasteiger partial charge in [0.15, 0.2) is 0 Å². The molecule has 3 unspecified atom stereocenters. The number of nitrogens with zero attached hydrogens (tertiary/aromatic N) is 1. The molecule has 1 aliphatic carbocycles. The largest absolute Gasteiger partial charge is 0.378 e. The van der Waals surface area contributed by atoms with Gasteiger partial charge in [-0.25, -0.2) is 0 Å². The summed E-state index contributed by atoms with van der Waals surface area (Å²) in [5.41, 5.74) is 5.51. The lowest BCUT2D eigenvalue weighted by Crippen LogP contribution is -2.29. The van der Waals surface area contributed by atoms with E-state index in [1.807, 2.05) is 0 Å². The van der Waals surface area contributed by atoms with E-state index in [-0.39, 0.29) is 0 Å². The summed E-state index contributed by atoms with van der Waals surface area (Å²) in [6.45, 7) is 6.57. The van der Waals surface area contributed by atoms with Gasteiger partial charge in [0, 0.05) is 35.3 Å². The first-order valence-corrected chi connectivity index (χ1v) is 10.9. The summed E-state index contributed by atoms with van der Waals surface area (Å²) < 4.78 is 0. The molecule has 0 aromatic heterocycles. The molecule has 2 aliphatic rings. The Morgan fingerprint density at radius 3 is 2.54 bits per heavy atom. The van der Waals surface area contributed by atoms with Crippen molar-refractivity contribution in [2.45, 2.75) is 37.1 Å². The minimum atomic E-state index is 0.387. The third-order valence-electron chi connectivity index (χ3n) is 5.95. The lowest BCUT2D eigenvalue weighted by molar-refractivity contribution is 0.425. The highest BCUT2D eigenvalue weighted by atomic mass is 32.2. The molecule has 0 fully saturated rings. The van der Waals surface area contributed by atoms with Crippen molar-refractivity contribution in [3.8, 4) is 0 Å². The first-order chi connectivity index (χ1) is 12.7. The molecule has 3 atom stereocenters. The molecular weight excluding hydrogens is 336 g/mol. The van der Waals surface area contributed by atoms with Crippen LogP contribution < -0.4 is 10.2 Å². The summed E-state index contributed by atoms with van der Waals surface area (Å²) in [6.07, 6.45) is 8.09. The zero-order valence-corrected chi connectivity index (χ0v) is 16.7. The van der Waals surface area contributed by atoms with Crippen molar-refractivity contribution in [1.29, 1.82) is 0 Å². The molecule has 2 aromatic rings. The average Bonchev–Trinajstić information content (AvgIpc) is 3.19. The molecule has 0 bridgehead atoms. The van der Waals surface area contributed by atoms with Crippen LogP contribution in [0.3, 0.4) is 0 Å². The number of allylic oxidation sites excluding steroid dienone is 2. The molecule has 2 aromatic carbocycles. The van der Waals surface area contributed by atoms with Crippen LogP contribution in [0.2, 0.25) is 0 Å². The second-order valence-electron chi connectivity index (χ2n) is 7.19. The zero-order chi connectivity index (χ0) is 18.1. The molecular formula is C23H28N2S. The molecule has 0 spiro atoms. The minimum absolute atomic E-state index is 0.387. The fourth-order valence-electron chi connectivity index (χ4n) is 4.51. The third kappa shape index (κ3) is 3.03. The van der Waals surface area contributed by atoms with Crippen LogP contribution in [0.15, 0.2) is 59.5 Å². The van der Waals surface area contributed by atoms with Crippen LogP contribution in [0.1, 0.15) is 43.4 Å². The minimum Gasteiger partial charge on any atom is -0.378 e. The summed E-state index contributed by atoms with van der Waals surface area (Å²) >= 11 is 1.80. The van der Waals surface area contributed by atoms with Crippen molar-refractivity contribution in [1.82, 2.24) is 0 Å². The highest BCUT2D eigenvalue weighted by molar-refractivity contribution is 7.98. The molecule has 4 rings (SSSR count). The Morgan fingerprint density at radius 1 is 1.08 bits per heavy atom. The maximum absolute atomic E-state index is 3.86. The molecule has 26 heavy (non-hydrogen) atoms. The Balaban J connectivity index is 1.69. The number of nitrogens with one attached hydrogen (secondary N) is 1. The van der Waals surface area contributed by atoms with Gasteiger partial charge in [0.2, 0.25) is 0 Å². The maximum atomic E-state index is 3.86. The average molecular weight is 365 g/mol. The fraction of sp³-hybridized carbons (Fsp3) is 0.391. The molecule has 136 valence electrons. The zero-order valence-electron chi connectivity index (χ0n) is 15.9. The Bertz CT molecular complexity index is 792. The van der Waals surface area contributed by atoms with Crippen LogP contribution in [-0.4, -0.2) is 19.3 Å². The Kier molecular flexibility index (Phi) is 4.99. The smallest absolute Gasteiger partial charge is 0.0553 e. The van der Waals surface area contributed by atoms with Gasteiger partial charge in [-0.3, -0.25) is 0 Å². The molecule has 0 saturated carbocycles. The number of thioether (sulfide) groups is 1. The summed E-state index contributed by atoms with van der Waals surface area (Å²) in [6, 6.07) is 16.5. The van der Waals surface area contributed by atoms with Crippen LogP contribution >= 0.6 is 11.8 Å². The van der Waals surface area contributed by atoms with Crippen molar-refractivity contribution in [3.05, 3.63) is 65.7 Å². The highest BCUT2D eigenvalue weighted by Crippen LogP contribution is 2.50. The van der Waals surface area contributed by atoms with Crippen LogP contribution in [-0.2, 0) is 0 Å².